The minimum atomic E-state index is -1.17. The van der Waals surface area contributed by atoms with Crippen molar-refractivity contribution in [2.24, 2.45) is 5.73 Å². The Morgan fingerprint density at radius 3 is 2.96 bits per heavy atom. The number of carboxylic acid groups (broad SMARTS) is 1. The van der Waals surface area contributed by atoms with Crippen LogP contribution >= 0.6 is 0 Å². The smallest absolute Gasteiger partial charge is 0.320 e. The Kier molecular flexibility index (Phi) is 4.04. The molecule has 0 aromatic carbocycles. The van der Waals surface area contributed by atoms with Crippen LogP contribution in [0.4, 0.5) is 5.82 Å². The number of imidazole rings is 1. The average molecular weight is 383 g/mol. The fourth-order valence-electron chi connectivity index (χ4n) is 3.25. The van der Waals surface area contributed by atoms with Crippen LogP contribution in [0.2, 0.25) is 0 Å². The van der Waals surface area contributed by atoms with Gasteiger partial charge in [0.2, 0.25) is 0 Å². The van der Waals surface area contributed by atoms with Gasteiger partial charge in [-0.15, -0.1) is 0 Å². The van der Waals surface area contributed by atoms with E-state index in [-0.39, 0.29) is 23.1 Å². The Hall–Kier alpha value is -1.99. The van der Waals surface area contributed by atoms with Gasteiger partial charge in [0, 0.05) is 17.3 Å². The highest BCUT2D eigenvalue weighted by molar-refractivity contribution is 8.05. The van der Waals surface area contributed by atoms with E-state index in [1.807, 2.05) is 0 Å². The predicted molar refractivity (Wildman–Crippen MR) is 91.9 cm³/mol. The molecule has 0 saturated carbocycles. The van der Waals surface area contributed by atoms with Gasteiger partial charge in [-0.1, -0.05) is 0 Å². The molecule has 0 bridgehead atoms. The normalized spacial score (nSPS) is 34.4. The van der Waals surface area contributed by atoms with Gasteiger partial charge < -0.3 is 26.8 Å². The Morgan fingerprint density at radius 2 is 2.23 bits per heavy atom. The minimum Gasteiger partial charge on any atom is -0.480 e. The molecule has 2 fully saturated rings. The molecule has 2 aromatic rings. The summed E-state index contributed by atoms with van der Waals surface area (Å²) in [6, 6.07) is -0.948. The van der Waals surface area contributed by atoms with Crippen molar-refractivity contribution in [2.75, 3.05) is 17.2 Å². The molecule has 140 valence electrons. The molecule has 11 nitrogen and oxygen atoms in total. The van der Waals surface area contributed by atoms with Crippen LogP contribution in [-0.4, -0.2) is 75.5 Å². The molecule has 2 saturated heterocycles. The number of carbonyl (C=O) groups is 1. The van der Waals surface area contributed by atoms with Crippen molar-refractivity contribution in [3.63, 3.8) is 0 Å². The van der Waals surface area contributed by atoms with Crippen LogP contribution in [0.3, 0.4) is 0 Å². The van der Waals surface area contributed by atoms with E-state index < -0.39 is 35.4 Å². The number of nitrogens with zero attached hydrogens (tertiary/aromatic N) is 4. The number of anilines is 1. The van der Waals surface area contributed by atoms with E-state index in [2.05, 4.69) is 15.0 Å². The molecule has 6 atom stereocenters. The van der Waals surface area contributed by atoms with E-state index in [1.165, 1.54) is 17.2 Å². The third-order valence-corrected chi connectivity index (χ3v) is 7.43. The summed E-state index contributed by atoms with van der Waals surface area (Å²) in [4.78, 5) is 22.1. The largest absolute Gasteiger partial charge is 0.480 e. The highest BCUT2D eigenvalue weighted by Crippen LogP contribution is 2.53. The number of aliphatic hydroxyl groups is 2. The van der Waals surface area contributed by atoms with Gasteiger partial charge in [-0.25, -0.2) is 15.0 Å². The van der Waals surface area contributed by atoms with Crippen LogP contribution < -0.4 is 11.5 Å². The molecule has 1 unspecified atom stereocenters. The predicted octanol–water partition coefficient (Wildman–Crippen LogP) is -2.21. The van der Waals surface area contributed by atoms with Crippen LogP contribution in [0.1, 0.15) is 12.6 Å². The van der Waals surface area contributed by atoms with Gasteiger partial charge in [0.25, 0.3) is 0 Å². The number of nitrogens with two attached hydrogens (primary N) is 2. The summed E-state index contributed by atoms with van der Waals surface area (Å²) in [5.74, 6) is 0.226. The first-order chi connectivity index (χ1) is 12.3. The van der Waals surface area contributed by atoms with Gasteiger partial charge >= 0.3 is 10.9 Å². The zero-order valence-corrected chi connectivity index (χ0v) is 14.4. The van der Waals surface area contributed by atoms with Crippen molar-refractivity contribution in [1.82, 2.24) is 19.5 Å². The summed E-state index contributed by atoms with van der Waals surface area (Å²) in [5.41, 5.74) is 12.1. The molecule has 0 radical (unpaired) electrons. The van der Waals surface area contributed by atoms with Gasteiger partial charge in [0.15, 0.2) is 29.5 Å². The molecule has 12 heteroatoms. The number of ether oxygens (including phenoxy) is 1. The van der Waals surface area contributed by atoms with E-state index >= 15 is 0 Å². The first-order valence-electron chi connectivity index (χ1n) is 7.98. The number of hydrogen-bond donors (Lipinski definition) is 5. The summed E-state index contributed by atoms with van der Waals surface area (Å²) >= 11 is 0. The highest BCUT2D eigenvalue weighted by Gasteiger charge is 2.79. The van der Waals surface area contributed by atoms with Gasteiger partial charge in [0.1, 0.15) is 29.7 Å². The maximum absolute atomic E-state index is 10.8. The van der Waals surface area contributed by atoms with E-state index in [4.69, 9.17) is 21.3 Å². The quantitative estimate of drug-likeness (QED) is 0.280. The average Bonchev–Trinajstić information content (AvgIpc) is 3.04. The lowest BCUT2D eigenvalue weighted by molar-refractivity contribution is -0.138. The molecule has 0 aliphatic carbocycles. The zero-order valence-electron chi connectivity index (χ0n) is 13.6. The lowest BCUT2D eigenvalue weighted by Gasteiger charge is -2.15. The van der Waals surface area contributed by atoms with Gasteiger partial charge in [0.05, 0.1) is 6.33 Å². The second kappa shape index (κ2) is 6.03. The molecular weight excluding hydrogens is 364 g/mol. The summed E-state index contributed by atoms with van der Waals surface area (Å²) in [7, 11) is -0.375. The summed E-state index contributed by atoms with van der Waals surface area (Å²) in [5, 5.41) is 29.9. The molecule has 7 N–H and O–H groups in total. The Labute approximate surface area is 150 Å². The first kappa shape index (κ1) is 17.4. The zero-order chi connectivity index (χ0) is 18.6. The van der Waals surface area contributed by atoms with E-state index in [0.29, 0.717) is 22.7 Å². The number of aromatic nitrogens is 4. The van der Waals surface area contributed by atoms with Crippen LogP contribution in [0.5, 0.6) is 0 Å². The van der Waals surface area contributed by atoms with Crippen molar-refractivity contribution in [3.05, 3.63) is 12.7 Å². The van der Waals surface area contributed by atoms with E-state index in [9.17, 15) is 15.0 Å². The lowest BCUT2D eigenvalue weighted by Crippen LogP contribution is -2.36. The number of rotatable bonds is 5. The number of nitrogen functional groups attached to an aromatic ring is 1. The van der Waals surface area contributed by atoms with E-state index in [0.717, 1.165) is 0 Å². The maximum atomic E-state index is 10.8. The number of aliphatic hydroxyl groups excluding tert-OH is 2. The van der Waals surface area contributed by atoms with Gasteiger partial charge in [-0.3, -0.25) is 14.1 Å². The third kappa shape index (κ3) is 2.53. The van der Waals surface area contributed by atoms with Crippen LogP contribution in [0, 0.1) is 0 Å². The topological polar surface area (TPSA) is 183 Å². The third-order valence-electron chi connectivity index (χ3n) is 4.82. The molecule has 1 spiro atoms. The number of hydrogen-bond acceptors (Lipinski definition) is 9. The second-order valence-corrected chi connectivity index (χ2v) is 8.79. The summed E-state index contributed by atoms with van der Waals surface area (Å²) in [6.07, 6.45) is -0.110. The molecule has 4 rings (SSSR count). The van der Waals surface area contributed by atoms with Crippen molar-refractivity contribution >= 4 is 33.8 Å². The minimum absolute atomic E-state index is 0.213. The fraction of sp³-hybridized carbons (Fsp3) is 0.571. The van der Waals surface area contributed by atoms with Crippen LogP contribution in [0.15, 0.2) is 12.7 Å². The number of carboxylic acids is 1. The monoisotopic (exact) mass is 383 g/mol. The molecule has 2 aromatic heterocycles. The first-order valence-corrected chi connectivity index (χ1v) is 9.54. The van der Waals surface area contributed by atoms with Crippen LogP contribution in [-0.2, 0) is 20.4 Å². The Morgan fingerprint density at radius 1 is 1.46 bits per heavy atom. The Balaban J connectivity index is 1.54. The highest BCUT2D eigenvalue weighted by atomic mass is 32.2. The Bertz CT molecular complexity index is 863. The van der Waals surface area contributed by atoms with Gasteiger partial charge in [-0.2, -0.15) is 0 Å². The molecule has 0 amide bonds. The number of fused-ring (bicyclic) bond motifs is 1. The second-order valence-electron chi connectivity index (χ2n) is 6.41. The standard InChI is InChI=1S/C14H18N6O5S/c15-6(13(23)24)1-2-26-3-14(26)9(22)8(21)12(25-14)20-5-19-7-10(16)17-4-18-11(7)20/h4-6,8-9,12,21-22H,1-3,15H2,(H2-,16,17,18,23,24)/p+1/t6-,8+,9-,12+,14-,26?/m0/s1. The molecular formula is C14H19N6O5S+. The van der Waals surface area contributed by atoms with Crippen molar-refractivity contribution in [1.29, 1.82) is 0 Å². The fourth-order valence-corrected chi connectivity index (χ4v) is 5.91. The summed E-state index contributed by atoms with van der Waals surface area (Å²) < 4.78 is 7.55. The van der Waals surface area contributed by atoms with Gasteiger partial charge in [-0.05, 0) is 0 Å². The van der Waals surface area contributed by atoms with E-state index in [1.54, 1.807) is 0 Å². The SMILES string of the molecule is Nc1ncnc2c1ncn2[C@@H]1O[C@]2(C[S+]2CC[C@H](N)C(=O)O)[C@@H](O)[C@H]1O. The molecule has 26 heavy (non-hydrogen) atoms. The lowest BCUT2D eigenvalue weighted by atomic mass is 10.1. The number of aliphatic carboxylic acids is 1. The van der Waals surface area contributed by atoms with Crippen molar-refractivity contribution in [2.45, 2.75) is 35.8 Å². The van der Waals surface area contributed by atoms with Crippen molar-refractivity contribution in [3.8, 4) is 0 Å². The van der Waals surface area contributed by atoms with Crippen LogP contribution in [0.25, 0.3) is 11.2 Å². The maximum Gasteiger partial charge on any atom is 0.320 e. The molecule has 4 heterocycles. The van der Waals surface area contributed by atoms with Crippen molar-refractivity contribution < 1.29 is 24.9 Å². The molecule has 2 aliphatic heterocycles. The molecule has 2 aliphatic rings. The summed E-state index contributed by atoms with van der Waals surface area (Å²) in [6.45, 7) is 0.